The van der Waals surface area contributed by atoms with Crippen LogP contribution < -0.4 is 10.9 Å². The Morgan fingerprint density at radius 1 is 1.33 bits per heavy atom. The minimum Gasteiger partial charge on any atom is -0.324 e. The van der Waals surface area contributed by atoms with E-state index in [9.17, 15) is 19.7 Å². The molecule has 1 aromatic heterocycles. The molecule has 7 heteroatoms. The number of aromatic nitrogens is 1. The Morgan fingerprint density at radius 3 is 2.50 bits per heavy atom. The van der Waals surface area contributed by atoms with Gasteiger partial charge in [-0.1, -0.05) is 19.1 Å². The van der Waals surface area contributed by atoms with Crippen molar-refractivity contribution in [2.24, 2.45) is 0 Å². The molecule has 2 aromatic rings. The highest BCUT2D eigenvalue weighted by Gasteiger charge is 2.20. The molecular weight excluding hydrogens is 310 g/mol. The number of hydrogen-bond donors (Lipinski definition) is 1. The fourth-order valence-electron chi connectivity index (χ4n) is 2.32. The van der Waals surface area contributed by atoms with Gasteiger partial charge in [-0.25, -0.2) is 0 Å². The second-order valence-corrected chi connectivity index (χ2v) is 5.56. The van der Waals surface area contributed by atoms with Crippen molar-refractivity contribution in [3.05, 3.63) is 68.1 Å². The fourth-order valence-corrected chi connectivity index (χ4v) is 2.32. The van der Waals surface area contributed by atoms with Gasteiger partial charge in [0.2, 0.25) is 5.91 Å². The SMILES string of the molecule is CCc1ccc(NC(=O)C(C)n2cc([N+](=O)[O-])c(C)cc2=O)cc1. The van der Waals surface area contributed by atoms with Gasteiger partial charge in [0.25, 0.3) is 11.2 Å². The van der Waals surface area contributed by atoms with E-state index in [-0.39, 0.29) is 11.3 Å². The molecular formula is C17H19N3O4. The van der Waals surface area contributed by atoms with Crippen molar-refractivity contribution in [3.8, 4) is 0 Å². The first-order valence-corrected chi connectivity index (χ1v) is 7.60. The number of rotatable bonds is 5. The van der Waals surface area contributed by atoms with E-state index in [1.807, 2.05) is 19.1 Å². The van der Waals surface area contributed by atoms with Crippen LogP contribution in [0.2, 0.25) is 0 Å². The van der Waals surface area contributed by atoms with Crippen molar-refractivity contribution in [1.29, 1.82) is 0 Å². The van der Waals surface area contributed by atoms with Crippen molar-refractivity contribution in [2.45, 2.75) is 33.2 Å². The Kier molecular flexibility index (Phi) is 5.13. The van der Waals surface area contributed by atoms with E-state index in [2.05, 4.69) is 5.32 Å². The molecule has 1 atom stereocenters. The van der Waals surface area contributed by atoms with Crippen molar-refractivity contribution in [1.82, 2.24) is 4.57 Å². The van der Waals surface area contributed by atoms with E-state index >= 15 is 0 Å². The van der Waals surface area contributed by atoms with E-state index in [4.69, 9.17) is 0 Å². The number of anilines is 1. The summed E-state index contributed by atoms with van der Waals surface area (Å²) in [7, 11) is 0. The lowest BCUT2D eigenvalue weighted by Crippen LogP contribution is -2.31. The zero-order valence-electron chi connectivity index (χ0n) is 13.8. The summed E-state index contributed by atoms with van der Waals surface area (Å²) in [6.07, 6.45) is 2.01. The van der Waals surface area contributed by atoms with E-state index in [0.717, 1.165) is 28.8 Å². The maximum absolute atomic E-state index is 12.3. The van der Waals surface area contributed by atoms with Gasteiger partial charge in [0.1, 0.15) is 6.04 Å². The largest absolute Gasteiger partial charge is 0.324 e. The van der Waals surface area contributed by atoms with E-state index in [0.29, 0.717) is 5.69 Å². The van der Waals surface area contributed by atoms with Gasteiger partial charge in [-0.2, -0.15) is 0 Å². The lowest BCUT2D eigenvalue weighted by atomic mass is 10.1. The highest BCUT2D eigenvalue weighted by Crippen LogP contribution is 2.18. The first-order valence-electron chi connectivity index (χ1n) is 7.60. The van der Waals surface area contributed by atoms with Crippen LogP contribution in [0.3, 0.4) is 0 Å². The van der Waals surface area contributed by atoms with Crippen molar-refractivity contribution < 1.29 is 9.72 Å². The molecule has 0 aliphatic heterocycles. The molecule has 24 heavy (non-hydrogen) atoms. The van der Waals surface area contributed by atoms with Crippen LogP contribution in [0.15, 0.2) is 41.3 Å². The average Bonchev–Trinajstić information content (AvgIpc) is 2.54. The summed E-state index contributed by atoms with van der Waals surface area (Å²) in [4.78, 5) is 34.9. The zero-order valence-corrected chi connectivity index (χ0v) is 13.8. The Hall–Kier alpha value is -2.96. The minimum atomic E-state index is -0.873. The number of hydrogen-bond acceptors (Lipinski definition) is 4. The number of pyridine rings is 1. The van der Waals surface area contributed by atoms with Crippen LogP contribution >= 0.6 is 0 Å². The number of benzene rings is 1. The molecule has 0 saturated carbocycles. The van der Waals surface area contributed by atoms with Gasteiger partial charge in [-0.15, -0.1) is 0 Å². The van der Waals surface area contributed by atoms with Gasteiger partial charge in [-0.3, -0.25) is 24.3 Å². The molecule has 1 heterocycles. The third-order valence-corrected chi connectivity index (χ3v) is 3.88. The van der Waals surface area contributed by atoms with Crippen LogP contribution in [0.4, 0.5) is 11.4 Å². The number of nitrogens with zero attached hydrogens (tertiary/aromatic N) is 2. The number of nitro groups is 1. The highest BCUT2D eigenvalue weighted by atomic mass is 16.6. The molecule has 1 N–H and O–H groups in total. The van der Waals surface area contributed by atoms with E-state index < -0.39 is 22.4 Å². The number of carbonyl (C=O) groups excluding carboxylic acids is 1. The van der Waals surface area contributed by atoms with Gasteiger partial charge < -0.3 is 5.32 Å². The molecule has 0 spiro atoms. The summed E-state index contributed by atoms with van der Waals surface area (Å²) in [6, 6.07) is 7.67. The average molecular weight is 329 g/mol. The van der Waals surface area contributed by atoms with Crippen LogP contribution in [-0.2, 0) is 11.2 Å². The van der Waals surface area contributed by atoms with Crippen molar-refractivity contribution in [2.75, 3.05) is 5.32 Å². The first-order chi connectivity index (χ1) is 11.3. The van der Waals surface area contributed by atoms with Gasteiger partial charge in [-0.05, 0) is 38.0 Å². The van der Waals surface area contributed by atoms with E-state index in [1.165, 1.54) is 13.8 Å². The fraction of sp³-hybridized carbons (Fsp3) is 0.294. The summed E-state index contributed by atoms with van der Waals surface area (Å²) in [5.41, 5.74) is 1.37. The predicted octanol–water partition coefficient (Wildman–Crippen LogP) is 2.83. The molecule has 0 aliphatic carbocycles. The molecule has 0 aliphatic rings. The maximum Gasteiger partial charge on any atom is 0.288 e. The standard InChI is InChI=1S/C17H19N3O4/c1-4-13-5-7-14(8-6-13)18-17(22)12(3)19-10-15(20(23)24)11(2)9-16(19)21/h5-10,12H,4H2,1-3H3,(H,18,22). The Bertz CT molecular complexity index is 825. The number of nitrogens with one attached hydrogen (secondary N) is 1. The molecule has 0 saturated heterocycles. The topological polar surface area (TPSA) is 94.2 Å². The minimum absolute atomic E-state index is 0.193. The molecule has 2 rings (SSSR count). The second-order valence-electron chi connectivity index (χ2n) is 5.56. The Balaban J connectivity index is 2.25. The van der Waals surface area contributed by atoms with Gasteiger partial charge in [0.15, 0.2) is 0 Å². The summed E-state index contributed by atoms with van der Waals surface area (Å²) < 4.78 is 1.07. The van der Waals surface area contributed by atoms with Crippen LogP contribution in [0.25, 0.3) is 0 Å². The molecule has 1 unspecified atom stereocenters. The van der Waals surface area contributed by atoms with Crippen LogP contribution in [0.5, 0.6) is 0 Å². The molecule has 0 fully saturated rings. The predicted molar refractivity (Wildman–Crippen MR) is 91.3 cm³/mol. The number of aryl methyl sites for hydroxylation is 2. The summed E-state index contributed by atoms with van der Waals surface area (Å²) >= 11 is 0. The van der Waals surface area contributed by atoms with Gasteiger partial charge in [0, 0.05) is 17.3 Å². The van der Waals surface area contributed by atoms with Crippen molar-refractivity contribution in [3.63, 3.8) is 0 Å². The van der Waals surface area contributed by atoms with Gasteiger partial charge in [0.05, 0.1) is 11.1 Å². The van der Waals surface area contributed by atoms with Crippen LogP contribution in [0.1, 0.15) is 31.0 Å². The molecule has 7 nitrogen and oxygen atoms in total. The smallest absolute Gasteiger partial charge is 0.288 e. The molecule has 1 aromatic carbocycles. The van der Waals surface area contributed by atoms with Gasteiger partial charge >= 0.3 is 0 Å². The normalized spacial score (nSPS) is 11.8. The summed E-state index contributed by atoms with van der Waals surface area (Å²) in [5.74, 6) is -0.417. The Labute approximate surface area is 139 Å². The lowest BCUT2D eigenvalue weighted by molar-refractivity contribution is -0.386. The quantitative estimate of drug-likeness (QED) is 0.674. The third kappa shape index (κ3) is 3.68. The van der Waals surface area contributed by atoms with Crippen LogP contribution in [0, 0.1) is 17.0 Å². The summed E-state index contributed by atoms with van der Waals surface area (Å²) in [6.45, 7) is 5.05. The highest BCUT2D eigenvalue weighted by molar-refractivity contribution is 5.93. The third-order valence-electron chi connectivity index (χ3n) is 3.88. The second kappa shape index (κ2) is 7.08. The maximum atomic E-state index is 12.3. The zero-order chi connectivity index (χ0) is 17.9. The first kappa shape index (κ1) is 17.4. The molecule has 1 amide bonds. The monoisotopic (exact) mass is 329 g/mol. The van der Waals surface area contributed by atoms with E-state index in [1.54, 1.807) is 12.1 Å². The summed E-state index contributed by atoms with van der Waals surface area (Å²) in [5, 5.41) is 13.7. The number of carbonyl (C=O) groups is 1. The number of amides is 1. The molecule has 126 valence electrons. The Morgan fingerprint density at radius 2 is 1.96 bits per heavy atom. The van der Waals surface area contributed by atoms with Crippen molar-refractivity contribution >= 4 is 17.3 Å². The molecule has 0 radical (unpaired) electrons. The van der Waals surface area contributed by atoms with Crippen LogP contribution in [-0.4, -0.2) is 15.4 Å². The molecule has 0 bridgehead atoms. The lowest BCUT2D eigenvalue weighted by Gasteiger charge is -2.15.